The van der Waals surface area contributed by atoms with Gasteiger partial charge in [0.1, 0.15) is 0 Å². The fourth-order valence-corrected chi connectivity index (χ4v) is 1.45. The highest BCUT2D eigenvalue weighted by Gasteiger charge is 1.95. The molecule has 0 bridgehead atoms. The third-order valence-electron chi connectivity index (χ3n) is 2.17. The van der Waals surface area contributed by atoms with Crippen LogP contribution in [0, 0.1) is 0 Å². The maximum Gasteiger partial charge on any atom is -0.0533 e. The standard InChI is InChI=1S/C6H12.C6H6.4C2H6.CH4/c2*1-2-4-6-5-3-1;4*1-2;/h1-6H2;1-6H;4*1-2H3;1H4. The van der Waals surface area contributed by atoms with E-state index >= 15 is 0 Å². The lowest BCUT2D eigenvalue weighted by molar-refractivity contribution is 0.504. The van der Waals surface area contributed by atoms with Crippen LogP contribution in [0.1, 0.15) is 101 Å². The SMILES string of the molecule is C.C1CCCCC1.CC.CC.CC.CC.c1ccccc1. The molecule has 1 fully saturated rings. The summed E-state index contributed by atoms with van der Waals surface area (Å²) in [5, 5.41) is 0. The molecule has 0 spiro atoms. The number of rotatable bonds is 0. The van der Waals surface area contributed by atoms with E-state index in [0.29, 0.717) is 0 Å². The van der Waals surface area contributed by atoms with Gasteiger partial charge in [-0.25, -0.2) is 0 Å². The van der Waals surface area contributed by atoms with Gasteiger partial charge in [-0.15, -0.1) is 0 Å². The van der Waals surface area contributed by atoms with Crippen molar-refractivity contribution in [2.45, 2.75) is 101 Å². The molecule has 1 aliphatic carbocycles. The summed E-state index contributed by atoms with van der Waals surface area (Å²) < 4.78 is 0. The third-order valence-corrected chi connectivity index (χ3v) is 2.17. The van der Waals surface area contributed by atoms with Crippen molar-refractivity contribution in [2.24, 2.45) is 0 Å². The minimum atomic E-state index is 0. The van der Waals surface area contributed by atoms with Gasteiger partial charge in [0.15, 0.2) is 0 Å². The summed E-state index contributed by atoms with van der Waals surface area (Å²) in [6, 6.07) is 12.0. The van der Waals surface area contributed by atoms with Crippen LogP contribution in [0.4, 0.5) is 0 Å². The van der Waals surface area contributed by atoms with Crippen LogP contribution in [0.3, 0.4) is 0 Å². The van der Waals surface area contributed by atoms with E-state index in [4.69, 9.17) is 0 Å². The van der Waals surface area contributed by atoms with Gasteiger partial charge in [0.25, 0.3) is 0 Å². The second-order valence-electron chi connectivity index (χ2n) is 3.28. The van der Waals surface area contributed by atoms with Crippen molar-refractivity contribution in [3.05, 3.63) is 36.4 Å². The maximum atomic E-state index is 2.00. The molecule has 0 heteroatoms. The lowest BCUT2D eigenvalue weighted by Crippen LogP contribution is -1.85. The molecule has 21 heavy (non-hydrogen) atoms. The van der Waals surface area contributed by atoms with Gasteiger partial charge in [-0.3, -0.25) is 0 Å². The normalized spacial score (nSPS) is 10.3. The van der Waals surface area contributed by atoms with E-state index in [1.165, 1.54) is 38.5 Å². The lowest BCUT2D eigenvalue weighted by Gasteiger charge is -2.05. The van der Waals surface area contributed by atoms with Crippen molar-refractivity contribution in [1.29, 1.82) is 0 Å². The Balaban J connectivity index is -0.0000000539. The molecule has 0 heterocycles. The molecule has 1 aromatic carbocycles. The van der Waals surface area contributed by atoms with Crippen LogP contribution in [0.5, 0.6) is 0 Å². The Morgan fingerprint density at radius 3 is 0.524 bits per heavy atom. The van der Waals surface area contributed by atoms with Gasteiger partial charge in [0.2, 0.25) is 0 Å². The lowest BCUT2D eigenvalue weighted by atomic mass is 10.0. The van der Waals surface area contributed by atoms with E-state index < -0.39 is 0 Å². The zero-order valence-corrected chi connectivity index (χ0v) is 15.7. The number of benzene rings is 1. The summed E-state index contributed by atoms with van der Waals surface area (Å²) >= 11 is 0. The van der Waals surface area contributed by atoms with Crippen molar-refractivity contribution in [1.82, 2.24) is 0 Å². The first-order chi connectivity index (χ1) is 10.0. The van der Waals surface area contributed by atoms with Crippen molar-refractivity contribution in [2.75, 3.05) is 0 Å². The molecule has 2 rings (SSSR count). The molecule has 1 aliphatic rings. The van der Waals surface area contributed by atoms with Gasteiger partial charge < -0.3 is 0 Å². The molecule has 0 aliphatic heterocycles. The molecule has 1 saturated carbocycles. The van der Waals surface area contributed by atoms with Crippen LogP contribution in [0.15, 0.2) is 36.4 Å². The molecule has 0 nitrogen and oxygen atoms in total. The Morgan fingerprint density at radius 2 is 0.429 bits per heavy atom. The summed E-state index contributed by atoms with van der Waals surface area (Å²) in [6.07, 6.45) is 9.00. The Labute approximate surface area is 138 Å². The zero-order chi connectivity index (χ0) is 16.5. The fourth-order valence-electron chi connectivity index (χ4n) is 1.45. The number of hydrogen-bond acceptors (Lipinski definition) is 0. The van der Waals surface area contributed by atoms with Gasteiger partial charge in [-0.05, 0) is 0 Å². The zero-order valence-electron chi connectivity index (χ0n) is 15.7. The molecule has 0 atom stereocenters. The van der Waals surface area contributed by atoms with E-state index in [0.717, 1.165) is 0 Å². The minimum absolute atomic E-state index is 0. The Bertz CT molecular complexity index is 124. The molecule has 0 saturated heterocycles. The Kier molecular flexibility index (Phi) is 77.8. The second kappa shape index (κ2) is 50.7. The monoisotopic (exact) mass is 298 g/mol. The van der Waals surface area contributed by atoms with Crippen molar-refractivity contribution >= 4 is 0 Å². The molecular formula is C21H46. The molecule has 0 unspecified atom stereocenters. The fraction of sp³-hybridized carbons (Fsp3) is 0.714. The van der Waals surface area contributed by atoms with Gasteiger partial charge in [-0.2, -0.15) is 0 Å². The Hall–Kier alpha value is -0.780. The predicted molar refractivity (Wildman–Crippen MR) is 106 cm³/mol. The van der Waals surface area contributed by atoms with Crippen molar-refractivity contribution < 1.29 is 0 Å². The van der Waals surface area contributed by atoms with Gasteiger partial charge in [0.05, 0.1) is 0 Å². The first-order valence-electron chi connectivity index (χ1n) is 9.00. The largest absolute Gasteiger partial charge is 0.0776 e. The summed E-state index contributed by atoms with van der Waals surface area (Å²) in [5.41, 5.74) is 0. The van der Waals surface area contributed by atoms with Crippen molar-refractivity contribution in [3.63, 3.8) is 0 Å². The van der Waals surface area contributed by atoms with Crippen LogP contribution in [0.25, 0.3) is 0 Å². The molecule has 0 N–H and O–H groups in total. The first-order valence-corrected chi connectivity index (χ1v) is 9.00. The summed E-state index contributed by atoms with van der Waals surface area (Å²) in [7, 11) is 0. The van der Waals surface area contributed by atoms with Crippen LogP contribution in [-0.2, 0) is 0 Å². The predicted octanol–water partition coefficient (Wildman–Crippen LogP) is 8.77. The highest BCUT2D eigenvalue weighted by atomic mass is 14.0. The second-order valence-corrected chi connectivity index (χ2v) is 3.28. The average molecular weight is 299 g/mol. The molecule has 0 amide bonds. The molecule has 1 aromatic rings. The summed E-state index contributed by atoms with van der Waals surface area (Å²) in [5.74, 6) is 0. The Morgan fingerprint density at radius 1 is 0.333 bits per heavy atom. The van der Waals surface area contributed by atoms with E-state index in [1.807, 2.05) is 91.8 Å². The average Bonchev–Trinajstić information content (AvgIpc) is 2.65. The minimum Gasteiger partial charge on any atom is -0.0776 e. The smallest absolute Gasteiger partial charge is 0.0533 e. The topological polar surface area (TPSA) is 0 Å². The summed E-state index contributed by atoms with van der Waals surface area (Å²) in [4.78, 5) is 0. The highest BCUT2D eigenvalue weighted by molar-refractivity contribution is 4.99. The molecule has 0 radical (unpaired) electrons. The van der Waals surface area contributed by atoms with Gasteiger partial charge >= 0.3 is 0 Å². The molecule has 130 valence electrons. The van der Waals surface area contributed by atoms with E-state index in [-0.39, 0.29) is 7.43 Å². The van der Waals surface area contributed by atoms with Gasteiger partial charge in [-0.1, -0.05) is 138 Å². The van der Waals surface area contributed by atoms with E-state index in [1.54, 1.807) is 0 Å². The highest BCUT2D eigenvalue weighted by Crippen LogP contribution is 2.15. The van der Waals surface area contributed by atoms with Crippen LogP contribution in [-0.4, -0.2) is 0 Å². The first kappa shape index (κ1) is 32.2. The van der Waals surface area contributed by atoms with Crippen LogP contribution >= 0.6 is 0 Å². The van der Waals surface area contributed by atoms with Gasteiger partial charge in [0, 0.05) is 0 Å². The van der Waals surface area contributed by atoms with Crippen LogP contribution < -0.4 is 0 Å². The summed E-state index contributed by atoms with van der Waals surface area (Å²) in [6.45, 7) is 16.0. The van der Waals surface area contributed by atoms with Crippen LogP contribution in [0.2, 0.25) is 0 Å². The van der Waals surface area contributed by atoms with E-state index in [9.17, 15) is 0 Å². The molecule has 0 aromatic heterocycles. The van der Waals surface area contributed by atoms with Crippen molar-refractivity contribution in [3.8, 4) is 0 Å². The quantitative estimate of drug-likeness (QED) is 0.449. The number of hydrogen-bond donors (Lipinski definition) is 0. The van der Waals surface area contributed by atoms with E-state index in [2.05, 4.69) is 0 Å². The maximum absolute atomic E-state index is 2.00. The third kappa shape index (κ3) is 45.3. The molecular weight excluding hydrogens is 252 g/mol.